The lowest BCUT2D eigenvalue weighted by molar-refractivity contribution is -0.154. The molecule has 2 aromatic rings. The number of nitrogens with zero attached hydrogens (tertiary/aromatic N) is 4. The van der Waals surface area contributed by atoms with Crippen molar-refractivity contribution in [3.63, 3.8) is 0 Å². The van der Waals surface area contributed by atoms with Crippen LogP contribution in [0.5, 0.6) is 0 Å². The van der Waals surface area contributed by atoms with Crippen molar-refractivity contribution in [3.05, 3.63) is 91.5 Å². The molecule has 4 heterocycles. The van der Waals surface area contributed by atoms with E-state index in [1.54, 1.807) is 26.9 Å². The number of para-hydroxylation sites is 1. The molecule has 2 unspecified atom stereocenters. The minimum Gasteiger partial charge on any atom is -0.394 e. The molecule has 4 saturated heterocycles. The molecule has 4 fully saturated rings. The molecule has 48 heavy (non-hydrogen) atoms. The SMILES string of the molecule is C=CCN(CCN1CCOCC1)C(=O)C1N([C@@H](CO)Cc2ccccc2)C(=O)[C@@H]2[C@@H](C(=O)N(CC=C)c3ccccc3)[C@@]3(C)CCC12O3. The number of likely N-dealkylation sites (tertiary alicyclic amines) is 1. The van der Waals surface area contributed by atoms with Crippen LogP contribution in [0.2, 0.25) is 0 Å². The van der Waals surface area contributed by atoms with Crippen LogP contribution >= 0.6 is 0 Å². The monoisotopic (exact) mass is 656 g/mol. The number of carbonyl (C=O) groups excluding carboxylic acids is 3. The van der Waals surface area contributed by atoms with Crippen LogP contribution < -0.4 is 4.90 Å². The lowest BCUT2D eigenvalue weighted by Gasteiger charge is -2.40. The molecule has 0 saturated carbocycles. The van der Waals surface area contributed by atoms with Crippen molar-refractivity contribution in [2.45, 2.75) is 49.5 Å². The number of rotatable bonds is 14. The minimum absolute atomic E-state index is 0.226. The van der Waals surface area contributed by atoms with E-state index in [1.165, 1.54) is 0 Å². The zero-order valence-electron chi connectivity index (χ0n) is 27.9. The van der Waals surface area contributed by atoms with E-state index in [1.807, 2.05) is 67.6 Å². The summed E-state index contributed by atoms with van der Waals surface area (Å²) in [5, 5.41) is 10.9. The third-order valence-corrected chi connectivity index (χ3v) is 10.7. The van der Waals surface area contributed by atoms with Gasteiger partial charge in [-0.3, -0.25) is 19.3 Å². The maximum atomic E-state index is 15.0. The number of hydrogen-bond donors (Lipinski definition) is 1. The van der Waals surface area contributed by atoms with Crippen LogP contribution in [0.4, 0.5) is 5.69 Å². The van der Waals surface area contributed by atoms with E-state index in [0.29, 0.717) is 57.8 Å². The summed E-state index contributed by atoms with van der Waals surface area (Å²) in [5.74, 6) is -2.49. The minimum atomic E-state index is -1.22. The van der Waals surface area contributed by atoms with Crippen LogP contribution in [0.3, 0.4) is 0 Å². The van der Waals surface area contributed by atoms with Crippen molar-refractivity contribution in [1.29, 1.82) is 0 Å². The molecule has 1 N–H and O–H groups in total. The fourth-order valence-corrected chi connectivity index (χ4v) is 8.48. The van der Waals surface area contributed by atoms with Crippen molar-refractivity contribution < 1.29 is 29.0 Å². The average Bonchev–Trinajstić information content (AvgIpc) is 3.69. The van der Waals surface area contributed by atoms with E-state index in [0.717, 1.165) is 18.7 Å². The van der Waals surface area contributed by atoms with Crippen LogP contribution in [0.25, 0.3) is 0 Å². The summed E-state index contributed by atoms with van der Waals surface area (Å²) in [6.45, 7) is 13.9. The Bertz CT molecular complexity index is 1480. The number of morpholine rings is 1. The van der Waals surface area contributed by atoms with Gasteiger partial charge in [-0.15, -0.1) is 13.2 Å². The van der Waals surface area contributed by atoms with Crippen LogP contribution in [0, 0.1) is 11.8 Å². The molecule has 0 aromatic heterocycles. The summed E-state index contributed by atoms with van der Waals surface area (Å²) in [7, 11) is 0. The molecule has 0 radical (unpaired) electrons. The maximum absolute atomic E-state index is 15.0. The van der Waals surface area contributed by atoms with E-state index in [4.69, 9.17) is 9.47 Å². The topological polar surface area (TPSA) is 103 Å². The Morgan fingerprint density at radius 1 is 1.00 bits per heavy atom. The highest BCUT2D eigenvalue weighted by molar-refractivity contribution is 6.03. The highest BCUT2D eigenvalue weighted by Crippen LogP contribution is 2.64. The number of carbonyl (C=O) groups is 3. The van der Waals surface area contributed by atoms with Gasteiger partial charge < -0.3 is 29.3 Å². The van der Waals surface area contributed by atoms with Crippen LogP contribution in [-0.4, -0.2) is 120 Å². The van der Waals surface area contributed by atoms with Crippen molar-refractivity contribution in [1.82, 2.24) is 14.7 Å². The molecule has 2 bridgehead atoms. The molecular formula is C38H48N4O6. The van der Waals surface area contributed by atoms with Gasteiger partial charge in [0.05, 0.1) is 43.3 Å². The molecule has 1 spiro atoms. The average molecular weight is 657 g/mol. The lowest BCUT2D eigenvalue weighted by Crippen LogP contribution is -2.60. The largest absolute Gasteiger partial charge is 0.394 e. The van der Waals surface area contributed by atoms with Gasteiger partial charge in [0, 0.05) is 45.0 Å². The molecular weight excluding hydrogens is 608 g/mol. The van der Waals surface area contributed by atoms with E-state index in [9.17, 15) is 19.5 Å². The van der Waals surface area contributed by atoms with Gasteiger partial charge in [0.2, 0.25) is 17.7 Å². The first kappa shape index (κ1) is 34.0. The highest BCUT2D eigenvalue weighted by Gasteiger charge is 2.79. The second-order valence-electron chi connectivity index (χ2n) is 13.6. The molecule has 3 amide bonds. The van der Waals surface area contributed by atoms with E-state index in [-0.39, 0.29) is 30.9 Å². The molecule has 10 heteroatoms. The molecule has 6 rings (SSSR count). The Labute approximate surface area is 283 Å². The van der Waals surface area contributed by atoms with Gasteiger partial charge in [0.15, 0.2) is 0 Å². The summed E-state index contributed by atoms with van der Waals surface area (Å²) < 4.78 is 12.5. The standard InChI is InChI=1S/C38H48N4O6/c1-4-18-40(21-20-39-22-24-47-25-23-39)36(46)33-38-17-16-37(3,48-38)31(34(44)41(19-5-2)29-14-10-7-11-15-29)32(38)35(45)42(33)30(27-43)26-28-12-8-6-9-13-28/h4-15,30-33,43H,1-2,16-27H2,3H3/t30-,31+,32+,33?,37-,38?/m1/s1. The predicted octanol–water partition coefficient (Wildman–Crippen LogP) is 2.92. The smallest absolute Gasteiger partial charge is 0.248 e. The Morgan fingerprint density at radius 3 is 2.31 bits per heavy atom. The van der Waals surface area contributed by atoms with Crippen molar-refractivity contribution in [2.24, 2.45) is 11.8 Å². The number of aliphatic hydroxyl groups is 1. The summed E-state index contributed by atoms with van der Waals surface area (Å²) >= 11 is 0. The van der Waals surface area contributed by atoms with E-state index >= 15 is 0 Å². The molecule has 4 aliphatic rings. The van der Waals surface area contributed by atoms with Crippen LogP contribution in [-0.2, 0) is 30.3 Å². The van der Waals surface area contributed by atoms with Crippen molar-refractivity contribution >= 4 is 23.4 Å². The molecule has 10 nitrogen and oxygen atoms in total. The first-order chi connectivity index (χ1) is 23.3. The number of anilines is 1. The number of aliphatic hydroxyl groups excluding tert-OH is 1. The molecule has 6 atom stereocenters. The predicted molar refractivity (Wildman–Crippen MR) is 183 cm³/mol. The summed E-state index contributed by atoms with van der Waals surface area (Å²) in [6, 6.07) is 17.3. The second kappa shape index (κ2) is 14.3. The van der Waals surface area contributed by atoms with Gasteiger partial charge in [-0.1, -0.05) is 60.7 Å². The summed E-state index contributed by atoms with van der Waals surface area (Å²) in [5.41, 5.74) is -0.522. The van der Waals surface area contributed by atoms with Crippen molar-refractivity contribution in [3.8, 4) is 0 Å². The quantitative estimate of drug-likeness (QED) is 0.312. The third-order valence-electron chi connectivity index (χ3n) is 10.7. The molecule has 256 valence electrons. The van der Waals surface area contributed by atoms with Crippen LogP contribution in [0.1, 0.15) is 25.3 Å². The third kappa shape index (κ3) is 6.11. The van der Waals surface area contributed by atoms with Gasteiger partial charge in [0.1, 0.15) is 11.6 Å². The van der Waals surface area contributed by atoms with E-state index in [2.05, 4.69) is 18.1 Å². The summed E-state index contributed by atoms with van der Waals surface area (Å²) in [4.78, 5) is 51.9. The molecule has 4 aliphatic heterocycles. The Balaban J connectivity index is 1.40. The fraction of sp³-hybridized carbons (Fsp3) is 0.500. The molecule has 0 aliphatic carbocycles. The molecule has 2 aromatic carbocycles. The number of benzene rings is 2. The first-order valence-corrected chi connectivity index (χ1v) is 17.1. The van der Waals surface area contributed by atoms with Gasteiger partial charge in [-0.2, -0.15) is 0 Å². The summed E-state index contributed by atoms with van der Waals surface area (Å²) in [6.07, 6.45) is 4.72. The van der Waals surface area contributed by atoms with Gasteiger partial charge in [0.25, 0.3) is 0 Å². The second-order valence-corrected chi connectivity index (χ2v) is 13.6. The highest BCUT2D eigenvalue weighted by atomic mass is 16.5. The Hall–Kier alpha value is -3.83. The zero-order chi connectivity index (χ0) is 33.9. The number of hydrogen-bond acceptors (Lipinski definition) is 7. The fourth-order valence-electron chi connectivity index (χ4n) is 8.48. The lowest BCUT2D eigenvalue weighted by atomic mass is 9.66. The number of fused-ring (bicyclic) bond motifs is 1. The number of amides is 3. The van der Waals surface area contributed by atoms with Gasteiger partial charge in [-0.25, -0.2) is 0 Å². The van der Waals surface area contributed by atoms with Gasteiger partial charge in [-0.05, 0) is 43.9 Å². The van der Waals surface area contributed by atoms with E-state index < -0.39 is 35.1 Å². The maximum Gasteiger partial charge on any atom is 0.248 e. The number of ether oxygens (including phenoxy) is 2. The van der Waals surface area contributed by atoms with Crippen LogP contribution in [0.15, 0.2) is 86.0 Å². The first-order valence-electron chi connectivity index (χ1n) is 17.1. The van der Waals surface area contributed by atoms with Crippen molar-refractivity contribution in [2.75, 3.05) is 64.0 Å². The Kier molecular flexibility index (Phi) is 10.2. The van der Waals surface area contributed by atoms with Gasteiger partial charge >= 0.3 is 0 Å². The normalized spacial score (nSPS) is 28.6. The zero-order valence-corrected chi connectivity index (χ0v) is 27.9. The Morgan fingerprint density at radius 2 is 1.67 bits per heavy atom.